The van der Waals surface area contributed by atoms with Crippen molar-refractivity contribution < 1.29 is 4.79 Å². The van der Waals surface area contributed by atoms with Gasteiger partial charge in [0.05, 0.1) is 0 Å². The van der Waals surface area contributed by atoms with Crippen molar-refractivity contribution >= 4 is 30.7 Å². The Morgan fingerprint density at radius 1 is 1.28 bits per heavy atom. The first-order chi connectivity index (χ1) is 7.65. The number of nitrogens with two attached hydrogens (primary N) is 1. The maximum atomic E-state index is 11.5. The van der Waals surface area contributed by atoms with E-state index in [4.69, 9.17) is 5.73 Å². The smallest absolute Gasteiger partial charge is 0.221 e. The molecule has 3 N–H and O–H groups in total. The van der Waals surface area contributed by atoms with Gasteiger partial charge in [-0.25, -0.2) is 0 Å². The van der Waals surface area contributed by atoms with Crippen LogP contribution >= 0.6 is 24.8 Å². The zero-order valence-corrected chi connectivity index (χ0v) is 12.6. The molecule has 2 aliphatic rings. The summed E-state index contributed by atoms with van der Waals surface area (Å²) in [6, 6.07) is 1.20. The molecule has 0 spiro atoms. The second-order valence-corrected chi connectivity index (χ2v) is 5.29. The summed E-state index contributed by atoms with van der Waals surface area (Å²) in [4.78, 5) is 14.1. The zero-order valence-electron chi connectivity index (χ0n) is 10.9. The summed E-state index contributed by atoms with van der Waals surface area (Å²) in [5.41, 5.74) is 5.60. The highest BCUT2D eigenvalue weighted by molar-refractivity contribution is 5.85. The van der Waals surface area contributed by atoms with Crippen LogP contribution in [0.1, 0.15) is 39.0 Å². The van der Waals surface area contributed by atoms with Crippen LogP contribution in [0.4, 0.5) is 0 Å². The Morgan fingerprint density at radius 3 is 2.28 bits per heavy atom. The number of nitrogens with zero attached hydrogens (tertiary/aromatic N) is 1. The van der Waals surface area contributed by atoms with E-state index in [9.17, 15) is 4.79 Å². The third kappa shape index (κ3) is 5.74. The highest BCUT2D eigenvalue weighted by Gasteiger charge is 2.31. The number of nitrogens with one attached hydrogen (secondary N) is 1. The predicted molar refractivity (Wildman–Crippen MR) is 78.5 cm³/mol. The molecular weight excluding hydrogens is 273 g/mol. The van der Waals surface area contributed by atoms with Crippen LogP contribution in [0.3, 0.4) is 0 Å². The molecule has 2 rings (SSSR count). The van der Waals surface area contributed by atoms with Crippen LogP contribution in [-0.2, 0) is 4.79 Å². The molecule has 0 aromatic carbocycles. The molecule has 1 saturated carbocycles. The standard InChI is InChI=1S/C12H23N3O.2ClH/c1-9(13)8-12(16)14-10-4-6-15(7-5-10)11-2-3-11;;/h9-11H,2-8,13H2,1H3,(H,14,16);2*1H. The van der Waals surface area contributed by atoms with Gasteiger partial charge in [-0.1, -0.05) is 0 Å². The summed E-state index contributed by atoms with van der Waals surface area (Å²) in [6.45, 7) is 4.16. The Hall–Kier alpha value is -0.0300. The van der Waals surface area contributed by atoms with Crippen molar-refractivity contribution in [2.45, 2.75) is 57.2 Å². The van der Waals surface area contributed by atoms with Crippen LogP contribution in [-0.4, -0.2) is 42.0 Å². The van der Waals surface area contributed by atoms with E-state index in [1.54, 1.807) is 0 Å². The van der Waals surface area contributed by atoms with Crippen molar-refractivity contribution in [1.29, 1.82) is 0 Å². The number of amides is 1. The molecular formula is C12H25Cl2N3O. The Morgan fingerprint density at radius 2 is 1.83 bits per heavy atom. The monoisotopic (exact) mass is 297 g/mol. The summed E-state index contributed by atoms with van der Waals surface area (Å²) in [7, 11) is 0. The first-order valence-corrected chi connectivity index (χ1v) is 6.44. The molecule has 1 aliphatic carbocycles. The largest absolute Gasteiger partial charge is 0.353 e. The number of piperidine rings is 1. The fraction of sp³-hybridized carbons (Fsp3) is 0.917. The lowest BCUT2D eigenvalue weighted by molar-refractivity contribution is -0.122. The maximum Gasteiger partial charge on any atom is 0.221 e. The summed E-state index contributed by atoms with van der Waals surface area (Å²) in [5, 5.41) is 3.08. The van der Waals surface area contributed by atoms with E-state index in [-0.39, 0.29) is 36.8 Å². The number of halogens is 2. The van der Waals surface area contributed by atoms with Gasteiger partial charge in [-0.15, -0.1) is 24.8 Å². The van der Waals surface area contributed by atoms with Crippen LogP contribution in [0.2, 0.25) is 0 Å². The van der Waals surface area contributed by atoms with Crippen LogP contribution in [0.15, 0.2) is 0 Å². The number of carbonyl (C=O) groups excluding carboxylic acids is 1. The molecule has 1 saturated heterocycles. The normalized spacial score (nSPS) is 22.6. The maximum absolute atomic E-state index is 11.5. The van der Waals surface area contributed by atoms with Crippen LogP contribution in [0.25, 0.3) is 0 Å². The summed E-state index contributed by atoms with van der Waals surface area (Å²) in [5.74, 6) is 0.111. The number of hydrogen-bond acceptors (Lipinski definition) is 3. The van der Waals surface area contributed by atoms with Crippen molar-refractivity contribution in [3.8, 4) is 0 Å². The van der Waals surface area contributed by atoms with Gasteiger partial charge in [0.25, 0.3) is 0 Å². The third-order valence-electron chi connectivity index (χ3n) is 3.47. The number of hydrogen-bond donors (Lipinski definition) is 2. The van der Waals surface area contributed by atoms with Gasteiger partial charge in [0.1, 0.15) is 0 Å². The molecule has 1 aliphatic heterocycles. The molecule has 4 nitrogen and oxygen atoms in total. The number of carbonyl (C=O) groups is 1. The second kappa shape index (κ2) is 8.20. The van der Waals surface area contributed by atoms with E-state index < -0.39 is 0 Å². The molecule has 0 radical (unpaired) electrons. The fourth-order valence-corrected chi connectivity index (χ4v) is 2.43. The molecule has 0 bridgehead atoms. The molecule has 0 aromatic rings. The minimum absolute atomic E-state index is 0. The van der Waals surface area contributed by atoms with Gasteiger partial charge in [-0.2, -0.15) is 0 Å². The average molecular weight is 298 g/mol. The highest BCUT2D eigenvalue weighted by atomic mass is 35.5. The minimum Gasteiger partial charge on any atom is -0.353 e. The average Bonchev–Trinajstić information content (AvgIpc) is 3.00. The van der Waals surface area contributed by atoms with Gasteiger partial charge in [0.15, 0.2) is 0 Å². The lowest BCUT2D eigenvalue weighted by atomic mass is 10.0. The van der Waals surface area contributed by atoms with Crippen molar-refractivity contribution in [3.63, 3.8) is 0 Å². The third-order valence-corrected chi connectivity index (χ3v) is 3.47. The fourth-order valence-electron chi connectivity index (χ4n) is 2.43. The van der Waals surface area contributed by atoms with Crippen LogP contribution in [0, 0.1) is 0 Å². The zero-order chi connectivity index (χ0) is 11.5. The van der Waals surface area contributed by atoms with Crippen molar-refractivity contribution in [2.24, 2.45) is 5.73 Å². The first kappa shape index (κ1) is 18.0. The van der Waals surface area contributed by atoms with Gasteiger partial charge in [-0.05, 0) is 32.6 Å². The lowest BCUT2D eigenvalue weighted by Crippen LogP contribution is -2.46. The second-order valence-electron chi connectivity index (χ2n) is 5.29. The van der Waals surface area contributed by atoms with E-state index in [1.807, 2.05) is 6.92 Å². The van der Waals surface area contributed by atoms with Gasteiger partial charge in [-0.3, -0.25) is 4.79 Å². The first-order valence-electron chi connectivity index (χ1n) is 6.44. The van der Waals surface area contributed by atoms with Gasteiger partial charge in [0, 0.05) is 37.6 Å². The molecule has 108 valence electrons. The van der Waals surface area contributed by atoms with Crippen LogP contribution in [0.5, 0.6) is 0 Å². The van der Waals surface area contributed by atoms with Gasteiger partial charge >= 0.3 is 0 Å². The molecule has 6 heteroatoms. The molecule has 1 unspecified atom stereocenters. The molecule has 1 heterocycles. The van der Waals surface area contributed by atoms with Crippen molar-refractivity contribution in [1.82, 2.24) is 10.2 Å². The quantitative estimate of drug-likeness (QED) is 0.823. The van der Waals surface area contributed by atoms with E-state index in [0.717, 1.165) is 32.0 Å². The molecule has 2 fully saturated rings. The van der Waals surface area contributed by atoms with E-state index in [0.29, 0.717) is 12.5 Å². The van der Waals surface area contributed by atoms with E-state index in [1.165, 1.54) is 12.8 Å². The topological polar surface area (TPSA) is 58.4 Å². The van der Waals surface area contributed by atoms with Gasteiger partial charge in [0.2, 0.25) is 5.91 Å². The van der Waals surface area contributed by atoms with Crippen molar-refractivity contribution in [2.75, 3.05) is 13.1 Å². The summed E-state index contributed by atoms with van der Waals surface area (Å²) < 4.78 is 0. The van der Waals surface area contributed by atoms with E-state index in [2.05, 4.69) is 10.2 Å². The Balaban J connectivity index is 0.00000144. The summed E-state index contributed by atoms with van der Waals surface area (Å²) in [6.07, 6.45) is 5.40. The van der Waals surface area contributed by atoms with E-state index >= 15 is 0 Å². The Kier molecular flexibility index (Phi) is 8.19. The van der Waals surface area contributed by atoms with Crippen LogP contribution < -0.4 is 11.1 Å². The SMILES string of the molecule is CC(N)CC(=O)NC1CCN(C2CC2)CC1.Cl.Cl. The summed E-state index contributed by atoms with van der Waals surface area (Å²) >= 11 is 0. The number of likely N-dealkylation sites (tertiary alicyclic amines) is 1. The predicted octanol–water partition coefficient (Wildman–Crippen LogP) is 1.31. The lowest BCUT2D eigenvalue weighted by Gasteiger charge is -2.32. The Labute approximate surface area is 122 Å². The molecule has 1 atom stereocenters. The molecule has 1 amide bonds. The van der Waals surface area contributed by atoms with Gasteiger partial charge < -0.3 is 16.0 Å². The molecule has 18 heavy (non-hydrogen) atoms. The minimum atomic E-state index is -0.0356. The molecule has 0 aromatic heterocycles. The Bertz CT molecular complexity index is 252. The van der Waals surface area contributed by atoms with Crippen molar-refractivity contribution in [3.05, 3.63) is 0 Å². The highest BCUT2D eigenvalue weighted by Crippen LogP contribution is 2.29. The number of rotatable bonds is 4.